The molecule has 6 rings (SSSR count). The van der Waals surface area contributed by atoms with Gasteiger partial charge in [-0.3, -0.25) is 9.59 Å². The molecule has 0 aliphatic carbocycles. The van der Waals surface area contributed by atoms with E-state index in [0.29, 0.717) is 30.0 Å². The first-order valence-corrected chi connectivity index (χ1v) is 14.4. The Kier molecular flexibility index (Phi) is 8.17. The number of thiophene rings is 1. The molecule has 204 valence electrons. The summed E-state index contributed by atoms with van der Waals surface area (Å²) in [4.78, 5) is 36.8. The Balaban J connectivity index is 0.00000323. The first-order chi connectivity index (χ1) is 19.1. The topological polar surface area (TPSA) is 91.5 Å². The number of thioether (sulfide) groups is 1. The number of benzene rings is 2. The minimum Gasteiger partial charge on any atom is -0.497 e. The van der Waals surface area contributed by atoms with Crippen LogP contribution >= 0.6 is 35.5 Å². The van der Waals surface area contributed by atoms with Crippen molar-refractivity contribution in [3.8, 4) is 11.8 Å². The van der Waals surface area contributed by atoms with E-state index in [1.807, 2.05) is 52.4 Å². The molecule has 8 nitrogen and oxygen atoms in total. The zero-order chi connectivity index (χ0) is 26.9. The third kappa shape index (κ3) is 5.20. The number of imidazole rings is 1. The van der Waals surface area contributed by atoms with E-state index in [4.69, 9.17) is 4.74 Å². The lowest BCUT2D eigenvalue weighted by atomic mass is 10.0. The van der Waals surface area contributed by atoms with E-state index < -0.39 is 0 Å². The Labute approximate surface area is 246 Å². The van der Waals surface area contributed by atoms with E-state index in [9.17, 15) is 14.9 Å². The van der Waals surface area contributed by atoms with Crippen LogP contribution in [0.2, 0.25) is 0 Å². The molecule has 4 heterocycles. The number of piperazine rings is 1. The van der Waals surface area contributed by atoms with Gasteiger partial charge in [0.15, 0.2) is 5.16 Å². The lowest BCUT2D eigenvalue weighted by molar-refractivity contribution is -0.121. The number of ether oxygens (including phenoxy) is 1. The van der Waals surface area contributed by atoms with E-state index in [-0.39, 0.29) is 42.8 Å². The Morgan fingerprint density at radius 3 is 2.73 bits per heavy atom. The van der Waals surface area contributed by atoms with Gasteiger partial charge in [-0.1, -0.05) is 36.0 Å². The Hall–Kier alpha value is -3.78. The number of carbonyl (C=O) groups excluding carboxylic acids is 2. The van der Waals surface area contributed by atoms with Crippen molar-refractivity contribution < 1.29 is 14.3 Å². The second kappa shape index (κ2) is 11.8. The second-order valence-electron chi connectivity index (χ2n) is 9.43. The maximum atomic E-state index is 14.2. The van der Waals surface area contributed by atoms with Gasteiger partial charge in [0, 0.05) is 35.3 Å². The number of aromatic nitrogens is 2. The molecule has 11 heteroatoms. The van der Waals surface area contributed by atoms with Crippen LogP contribution in [0, 0.1) is 11.3 Å². The number of rotatable bonds is 6. The van der Waals surface area contributed by atoms with E-state index >= 15 is 0 Å². The number of amides is 2. The average molecular weight is 592 g/mol. The number of halogens is 1. The molecule has 2 aliphatic heterocycles. The van der Waals surface area contributed by atoms with Crippen molar-refractivity contribution in [3.05, 3.63) is 93.9 Å². The maximum absolute atomic E-state index is 14.2. The molecule has 0 saturated carbocycles. The van der Waals surface area contributed by atoms with E-state index in [1.54, 1.807) is 58.3 Å². The van der Waals surface area contributed by atoms with Gasteiger partial charge >= 0.3 is 0 Å². The van der Waals surface area contributed by atoms with Crippen molar-refractivity contribution in [2.45, 2.75) is 23.7 Å². The van der Waals surface area contributed by atoms with Crippen LogP contribution < -0.4 is 9.64 Å². The number of anilines is 1. The summed E-state index contributed by atoms with van der Waals surface area (Å²) in [5.41, 5.74) is 2.84. The fraction of sp³-hybridized carbons (Fsp3) is 0.241. The Morgan fingerprint density at radius 1 is 1.18 bits per heavy atom. The molecular formula is C29H26ClN5O3S2. The third-order valence-corrected chi connectivity index (χ3v) is 9.11. The Bertz CT molecular complexity index is 1570. The molecule has 4 aromatic rings. The molecule has 0 bridgehead atoms. The van der Waals surface area contributed by atoms with E-state index in [0.717, 1.165) is 27.0 Å². The van der Waals surface area contributed by atoms with Gasteiger partial charge in [-0.15, -0.1) is 23.7 Å². The quantitative estimate of drug-likeness (QED) is 0.312. The highest BCUT2D eigenvalue weighted by Crippen LogP contribution is 2.38. The summed E-state index contributed by atoms with van der Waals surface area (Å²) < 4.78 is 7.36. The predicted octanol–water partition coefficient (Wildman–Crippen LogP) is 5.04. The third-order valence-electron chi connectivity index (χ3n) is 7.17. The van der Waals surface area contributed by atoms with Crippen molar-refractivity contribution in [2.24, 2.45) is 0 Å². The minimum atomic E-state index is -0.214. The number of carbonyl (C=O) groups is 2. The van der Waals surface area contributed by atoms with Crippen LogP contribution in [0.4, 0.5) is 5.69 Å². The fourth-order valence-electron chi connectivity index (χ4n) is 5.18. The molecule has 40 heavy (non-hydrogen) atoms. The molecule has 0 radical (unpaired) electrons. The van der Waals surface area contributed by atoms with Gasteiger partial charge in [0.25, 0.3) is 5.91 Å². The van der Waals surface area contributed by atoms with Crippen LogP contribution in [-0.2, 0) is 11.2 Å². The summed E-state index contributed by atoms with van der Waals surface area (Å²) in [6.07, 6.45) is 2.27. The molecule has 2 amide bonds. The highest BCUT2D eigenvalue weighted by atomic mass is 35.5. The number of fused-ring (bicyclic) bond motifs is 1. The maximum Gasteiger partial charge on any atom is 0.272 e. The number of methoxy groups -OCH3 is 1. The minimum absolute atomic E-state index is 0. The summed E-state index contributed by atoms with van der Waals surface area (Å²) in [5.74, 6) is 1.08. The smallest absolute Gasteiger partial charge is 0.272 e. The van der Waals surface area contributed by atoms with Gasteiger partial charge < -0.3 is 19.1 Å². The van der Waals surface area contributed by atoms with Crippen molar-refractivity contribution in [3.63, 3.8) is 0 Å². The molecule has 0 N–H and O–H groups in total. The molecule has 2 aromatic carbocycles. The second-order valence-corrected chi connectivity index (χ2v) is 11.5. The lowest BCUT2D eigenvalue weighted by Crippen LogP contribution is -2.59. The van der Waals surface area contributed by atoms with Gasteiger partial charge in [0.05, 0.1) is 37.0 Å². The molecular weight excluding hydrogens is 566 g/mol. The largest absolute Gasteiger partial charge is 0.497 e. The van der Waals surface area contributed by atoms with Gasteiger partial charge in [0.1, 0.15) is 18.0 Å². The highest BCUT2D eigenvalue weighted by molar-refractivity contribution is 7.99. The van der Waals surface area contributed by atoms with Crippen LogP contribution in [0.25, 0.3) is 0 Å². The SMILES string of the molecule is COc1cccc(N2C[C@H](Cc3cccs3)N(C(=O)c3cnc4n3[C@@H](c3ccc(C#N)cc3)CS4)CC2=O)c1.Cl. The summed E-state index contributed by atoms with van der Waals surface area (Å²) in [7, 11) is 1.60. The van der Waals surface area contributed by atoms with Crippen LogP contribution in [-0.4, -0.2) is 58.3 Å². The van der Waals surface area contributed by atoms with Crippen molar-refractivity contribution in [1.82, 2.24) is 14.5 Å². The van der Waals surface area contributed by atoms with Crippen LogP contribution in [0.1, 0.15) is 32.5 Å². The summed E-state index contributed by atoms with van der Waals surface area (Å²) in [6.45, 7) is 0.353. The lowest BCUT2D eigenvalue weighted by Gasteiger charge is -2.41. The predicted molar refractivity (Wildman–Crippen MR) is 158 cm³/mol. The molecule has 1 fully saturated rings. The van der Waals surface area contributed by atoms with E-state index in [1.165, 1.54) is 0 Å². The van der Waals surface area contributed by atoms with Crippen molar-refractivity contribution in [1.29, 1.82) is 5.26 Å². The normalized spacial score (nSPS) is 18.1. The highest BCUT2D eigenvalue weighted by Gasteiger charge is 2.39. The zero-order valence-electron chi connectivity index (χ0n) is 21.6. The first-order valence-electron chi connectivity index (χ1n) is 12.5. The first kappa shape index (κ1) is 27.8. The zero-order valence-corrected chi connectivity index (χ0v) is 24.0. The van der Waals surface area contributed by atoms with Gasteiger partial charge in [0.2, 0.25) is 5.91 Å². The van der Waals surface area contributed by atoms with Crippen LogP contribution in [0.5, 0.6) is 5.75 Å². The molecule has 2 aromatic heterocycles. The summed E-state index contributed by atoms with van der Waals surface area (Å²) in [6, 6.07) is 20.8. The number of hydrogen-bond donors (Lipinski definition) is 0. The summed E-state index contributed by atoms with van der Waals surface area (Å²) >= 11 is 3.25. The van der Waals surface area contributed by atoms with Crippen molar-refractivity contribution >= 4 is 53.0 Å². The molecule has 0 spiro atoms. The number of hydrogen-bond acceptors (Lipinski definition) is 7. The van der Waals surface area contributed by atoms with Gasteiger partial charge in [-0.2, -0.15) is 5.26 Å². The Morgan fingerprint density at radius 2 is 2.00 bits per heavy atom. The number of nitriles is 1. The van der Waals surface area contributed by atoms with Crippen molar-refractivity contribution in [2.75, 3.05) is 30.9 Å². The summed E-state index contributed by atoms with van der Waals surface area (Å²) in [5, 5.41) is 12.0. The van der Waals surface area contributed by atoms with Crippen LogP contribution in [0.3, 0.4) is 0 Å². The fourth-order valence-corrected chi connectivity index (χ4v) is 7.10. The number of nitrogens with zero attached hydrogens (tertiary/aromatic N) is 5. The molecule has 2 atom stereocenters. The monoisotopic (exact) mass is 591 g/mol. The van der Waals surface area contributed by atoms with E-state index in [2.05, 4.69) is 17.1 Å². The standard InChI is InChI=1S/C29H25N5O3S2.ClH/c1-37-23-5-2-4-21(12-23)32-16-22(13-24-6-3-11-38-24)33(17-27(32)35)28(36)25-15-31-29-34(25)26(18-39-29)20-9-7-19(14-30)8-10-20;/h2-12,15,22,26H,13,16-18H2,1H3;1H/t22-,26+;/m0./s1. The molecule has 0 unspecified atom stereocenters. The molecule has 1 saturated heterocycles. The molecule has 2 aliphatic rings. The van der Waals surface area contributed by atoms with Gasteiger partial charge in [-0.05, 0) is 41.3 Å². The van der Waals surface area contributed by atoms with Crippen LogP contribution in [0.15, 0.2) is 77.4 Å². The average Bonchev–Trinajstić information content (AvgIpc) is 3.72. The van der Waals surface area contributed by atoms with Gasteiger partial charge in [-0.25, -0.2) is 4.98 Å².